The highest BCUT2D eigenvalue weighted by molar-refractivity contribution is 5.91. The van der Waals surface area contributed by atoms with Gasteiger partial charge in [-0.3, -0.25) is 14.5 Å². The molecule has 1 amide bonds. The maximum absolute atomic E-state index is 12.4. The number of hydrogen-bond acceptors (Lipinski definition) is 8. The minimum absolute atomic E-state index is 0.200. The number of carbonyl (C=O) groups is 1. The zero-order valence-corrected chi connectivity index (χ0v) is 16.8. The maximum Gasteiger partial charge on any atom is 0.278 e. The van der Waals surface area contributed by atoms with Crippen molar-refractivity contribution in [3.63, 3.8) is 0 Å². The van der Waals surface area contributed by atoms with Crippen LogP contribution in [0, 0.1) is 6.92 Å². The van der Waals surface area contributed by atoms with Crippen molar-refractivity contribution in [2.75, 3.05) is 20.2 Å². The molecule has 0 radical (unpaired) electrons. The first kappa shape index (κ1) is 19.2. The van der Waals surface area contributed by atoms with E-state index in [1.54, 1.807) is 18.1 Å². The van der Waals surface area contributed by atoms with Crippen molar-refractivity contribution in [1.29, 1.82) is 0 Å². The summed E-state index contributed by atoms with van der Waals surface area (Å²) in [5.41, 5.74) is 3.93. The molecule has 0 aliphatic carbocycles. The van der Waals surface area contributed by atoms with Gasteiger partial charge in [0, 0.05) is 50.4 Å². The van der Waals surface area contributed by atoms with Crippen LogP contribution in [0.2, 0.25) is 0 Å². The maximum atomic E-state index is 12.4. The Kier molecular flexibility index (Phi) is 5.34. The lowest BCUT2D eigenvalue weighted by molar-refractivity contribution is 0.0789. The van der Waals surface area contributed by atoms with Gasteiger partial charge in [0.25, 0.3) is 11.8 Å². The van der Waals surface area contributed by atoms with Crippen LogP contribution in [0.1, 0.15) is 40.2 Å². The zero-order valence-electron chi connectivity index (χ0n) is 16.8. The van der Waals surface area contributed by atoms with Crippen LogP contribution in [0.15, 0.2) is 16.9 Å². The summed E-state index contributed by atoms with van der Waals surface area (Å²) in [6.45, 7) is 6.27. The van der Waals surface area contributed by atoms with Crippen molar-refractivity contribution in [3.05, 3.63) is 40.9 Å². The highest BCUT2D eigenvalue weighted by atomic mass is 16.5. The quantitative estimate of drug-likeness (QED) is 0.614. The number of amides is 1. The van der Waals surface area contributed by atoms with Gasteiger partial charge in [0.2, 0.25) is 0 Å². The molecule has 152 valence electrons. The molecule has 0 spiro atoms. The second kappa shape index (κ2) is 8.08. The molecule has 0 fully saturated rings. The number of aryl methyl sites for hydroxylation is 2. The fourth-order valence-corrected chi connectivity index (χ4v) is 3.26. The van der Waals surface area contributed by atoms with Gasteiger partial charge < -0.3 is 14.2 Å². The Balaban J connectivity index is 1.44. The van der Waals surface area contributed by atoms with Gasteiger partial charge in [-0.05, 0) is 13.8 Å². The summed E-state index contributed by atoms with van der Waals surface area (Å²) >= 11 is 0. The summed E-state index contributed by atoms with van der Waals surface area (Å²) in [7, 11) is 1.71. The minimum atomic E-state index is -0.200. The predicted molar refractivity (Wildman–Crippen MR) is 102 cm³/mol. The lowest BCUT2D eigenvalue weighted by Crippen LogP contribution is -2.29. The molecular weight excluding hydrogens is 374 g/mol. The van der Waals surface area contributed by atoms with E-state index in [4.69, 9.17) is 9.26 Å². The molecule has 0 aromatic carbocycles. The Morgan fingerprint density at radius 3 is 2.93 bits per heavy atom. The Labute approximate surface area is 167 Å². The summed E-state index contributed by atoms with van der Waals surface area (Å²) in [6, 6.07) is 0. The average molecular weight is 397 g/mol. The molecule has 3 aromatic rings. The molecule has 1 aliphatic rings. The van der Waals surface area contributed by atoms with E-state index in [1.807, 2.05) is 11.6 Å². The monoisotopic (exact) mass is 397 g/mol. The largest absolute Gasteiger partial charge is 0.376 e. The zero-order chi connectivity index (χ0) is 20.4. The first-order valence-electron chi connectivity index (χ1n) is 9.60. The number of likely N-dealkylation sites (N-methyl/N-ethyl adjacent to an activating group) is 1. The van der Waals surface area contributed by atoms with Gasteiger partial charge in [0.1, 0.15) is 5.69 Å². The molecule has 0 unspecified atom stereocenters. The molecule has 4 heterocycles. The Hall–Kier alpha value is -3.14. The molecule has 1 aliphatic heterocycles. The standard InChI is InChI=1S/C19H23N7O3/c1-4-26-15-6-8-28-11-13(15)17(23-26)18-22-16(24-29-18)5-7-25(3)19(27)14-10-20-12(2)9-21-14/h9-10H,4-8,11H2,1-3H3. The van der Waals surface area contributed by atoms with Crippen molar-refractivity contribution in [1.82, 2.24) is 34.8 Å². The third-order valence-electron chi connectivity index (χ3n) is 4.88. The summed E-state index contributed by atoms with van der Waals surface area (Å²) in [5, 5.41) is 8.67. The highest BCUT2D eigenvalue weighted by Crippen LogP contribution is 2.28. The Morgan fingerprint density at radius 2 is 2.17 bits per heavy atom. The van der Waals surface area contributed by atoms with Crippen LogP contribution in [-0.2, 0) is 30.7 Å². The van der Waals surface area contributed by atoms with Crippen LogP contribution in [0.25, 0.3) is 11.6 Å². The van der Waals surface area contributed by atoms with Crippen LogP contribution in [0.4, 0.5) is 0 Å². The lowest BCUT2D eigenvalue weighted by atomic mass is 10.1. The molecule has 3 aromatic heterocycles. The number of rotatable bonds is 6. The lowest BCUT2D eigenvalue weighted by Gasteiger charge is -2.15. The van der Waals surface area contributed by atoms with Gasteiger partial charge in [-0.2, -0.15) is 10.1 Å². The fourth-order valence-electron chi connectivity index (χ4n) is 3.26. The van der Waals surface area contributed by atoms with E-state index in [1.165, 1.54) is 6.20 Å². The highest BCUT2D eigenvalue weighted by Gasteiger charge is 2.25. The molecular formula is C19H23N7O3. The van der Waals surface area contributed by atoms with Gasteiger partial charge in [0.05, 0.1) is 25.1 Å². The first-order valence-corrected chi connectivity index (χ1v) is 9.60. The Bertz CT molecular complexity index is 1010. The Morgan fingerprint density at radius 1 is 1.31 bits per heavy atom. The van der Waals surface area contributed by atoms with Crippen molar-refractivity contribution in [2.45, 2.75) is 39.8 Å². The topological polar surface area (TPSA) is 112 Å². The van der Waals surface area contributed by atoms with Gasteiger partial charge >= 0.3 is 0 Å². The number of aromatic nitrogens is 6. The van der Waals surface area contributed by atoms with E-state index < -0.39 is 0 Å². The van der Waals surface area contributed by atoms with Crippen molar-refractivity contribution in [3.8, 4) is 11.6 Å². The van der Waals surface area contributed by atoms with Crippen molar-refractivity contribution in [2.24, 2.45) is 0 Å². The summed E-state index contributed by atoms with van der Waals surface area (Å²) < 4.78 is 13.0. The van der Waals surface area contributed by atoms with Gasteiger partial charge in [-0.1, -0.05) is 5.16 Å². The van der Waals surface area contributed by atoms with E-state index in [9.17, 15) is 4.79 Å². The third-order valence-corrected chi connectivity index (χ3v) is 4.88. The molecule has 10 nitrogen and oxygen atoms in total. The van der Waals surface area contributed by atoms with Crippen LogP contribution >= 0.6 is 0 Å². The molecule has 0 N–H and O–H groups in total. The van der Waals surface area contributed by atoms with Crippen LogP contribution in [-0.4, -0.2) is 60.9 Å². The summed E-state index contributed by atoms with van der Waals surface area (Å²) in [6.07, 6.45) is 4.34. The molecule has 29 heavy (non-hydrogen) atoms. The molecule has 0 atom stereocenters. The van der Waals surface area contributed by atoms with Gasteiger partial charge in [0.15, 0.2) is 11.5 Å². The molecule has 0 saturated carbocycles. The summed E-state index contributed by atoms with van der Waals surface area (Å²) in [4.78, 5) is 26.7. The van der Waals surface area contributed by atoms with Crippen LogP contribution in [0.5, 0.6) is 0 Å². The molecule has 0 bridgehead atoms. The number of carbonyl (C=O) groups excluding carboxylic acids is 1. The minimum Gasteiger partial charge on any atom is -0.376 e. The first-order chi connectivity index (χ1) is 14.1. The number of nitrogens with zero attached hydrogens (tertiary/aromatic N) is 7. The van der Waals surface area contributed by atoms with Gasteiger partial charge in [-0.15, -0.1) is 0 Å². The van der Waals surface area contributed by atoms with E-state index in [0.29, 0.717) is 49.3 Å². The number of hydrogen-bond donors (Lipinski definition) is 0. The molecule has 4 rings (SSSR count). The summed E-state index contributed by atoms with van der Waals surface area (Å²) in [5.74, 6) is 0.702. The van der Waals surface area contributed by atoms with Crippen LogP contribution in [0.3, 0.4) is 0 Å². The van der Waals surface area contributed by atoms with E-state index in [2.05, 4.69) is 32.1 Å². The predicted octanol–water partition coefficient (Wildman–Crippen LogP) is 1.44. The van der Waals surface area contributed by atoms with Crippen molar-refractivity contribution < 1.29 is 14.1 Å². The normalized spacial score (nSPS) is 13.3. The second-order valence-corrected chi connectivity index (χ2v) is 6.93. The van der Waals surface area contributed by atoms with E-state index in [-0.39, 0.29) is 5.91 Å². The number of ether oxygens (including phenoxy) is 1. The third kappa shape index (κ3) is 3.88. The number of fused-ring (bicyclic) bond motifs is 1. The van der Waals surface area contributed by atoms with Gasteiger partial charge in [-0.25, -0.2) is 4.98 Å². The van der Waals surface area contributed by atoms with E-state index >= 15 is 0 Å². The SMILES string of the molecule is CCn1nc(-c2nc(CCN(C)C(=O)c3cnc(C)cn3)no2)c2c1CCOC2. The second-order valence-electron chi connectivity index (χ2n) is 6.93. The van der Waals surface area contributed by atoms with Crippen LogP contribution < -0.4 is 0 Å². The smallest absolute Gasteiger partial charge is 0.278 e. The average Bonchev–Trinajstić information content (AvgIpc) is 3.36. The molecule has 0 saturated heterocycles. The van der Waals surface area contributed by atoms with Crippen molar-refractivity contribution >= 4 is 5.91 Å². The van der Waals surface area contributed by atoms with E-state index in [0.717, 1.165) is 29.9 Å². The fraction of sp³-hybridized carbons (Fsp3) is 0.474. The molecule has 10 heteroatoms.